The first kappa shape index (κ1) is 20.8. The largest absolute Gasteiger partial charge is 0.378 e. The van der Waals surface area contributed by atoms with Crippen LogP contribution in [0.3, 0.4) is 0 Å². The number of hydrogen-bond acceptors (Lipinski definition) is 5. The first-order chi connectivity index (χ1) is 15.6. The maximum atomic E-state index is 12.7. The molecule has 3 heterocycles. The molecule has 0 unspecified atom stereocenters. The number of amides is 3. The van der Waals surface area contributed by atoms with Gasteiger partial charge in [0.2, 0.25) is 5.91 Å². The van der Waals surface area contributed by atoms with Gasteiger partial charge in [0, 0.05) is 47.4 Å². The van der Waals surface area contributed by atoms with E-state index in [1.54, 1.807) is 36.0 Å². The number of fused-ring (bicyclic) bond motifs is 2. The highest BCUT2D eigenvalue weighted by molar-refractivity contribution is 7.99. The molecule has 1 saturated heterocycles. The molecule has 3 aromatic rings. The predicted molar refractivity (Wildman–Crippen MR) is 122 cm³/mol. The quantitative estimate of drug-likeness (QED) is 0.428. The Balaban J connectivity index is 1.28. The van der Waals surface area contributed by atoms with Crippen molar-refractivity contribution in [2.24, 2.45) is 0 Å². The molecule has 2 aliphatic rings. The van der Waals surface area contributed by atoms with Gasteiger partial charge in [-0.15, -0.1) is 11.8 Å². The molecule has 1 aromatic heterocycles. The van der Waals surface area contributed by atoms with Crippen LogP contribution in [0.25, 0.3) is 10.9 Å². The number of nitrogens with zero attached hydrogens (tertiary/aromatic N) is 3. The Morgan fingerprint density at radius 2 is 1.59 bits per heavy atom. The molecule has 1 fully saturated rings. The Labute approximate surface area is 189 Å². The zero-order valence-electron chi connectivity index (χ0n) is 17.5. The summed E-state index contributed by atoms with van der Waals surface area (Å²) >= 11 is 1.59. The van der Waals surface area contributed by atoms with E-state index < -0.39 is 0 Å². The van der Waals surface area contributed by atoms with Gasteiger partial charge in [-0.25, -0.2) is 0 Å². The maximum Gasteiger partial charge on any atom is 0.261 e. The molecular weight excluding hydrogens is 426 g/mol. The Morgan fingerprint density at radius 1 is 0.938 bits per heavy atom. The molecule has 0 aliphatic carbocycles. The van der Waals surface area contributed by atoms with E-state index in [2.05, 4.69) is 0 Å². The standard InChI is InChI=1S/C24H23N3O4S/c28-22(25-9-12-31-13-10-25)16-26-15-21(19-7-3-4-8-20(19)26)32-14-11-27-23(29)17-5-1-2-6-18(17)24(27)30/h1-8,15H,9-14,16H2. The number of imide groups is 1. The third-order valence-corrected chi connectivity index (χ3v) is 6.90. The highest BCUT2D eigenvalue weighted by Crippen LogP contribution is 2.31. The van der Waals surface area contributed by atoms with Gasteiger partial charge in [-0.3, -0.25) is 19.3 Å². The number of carbonyl (C=O) groups excluding carboxylic acids is 3. The van der Waals surface area contributed by atoms with Gasteiger partial charge in [0.25, 0.3) is 11.8 Å². The molecule has 0 saturated carbocycles. The fraction of sp³-hybridized carbons (Fsp3) is 0.292. The van der Waals surface area contributed by atoms with Crippen LogP contribution in [0.2, 0.25) is 0 Å². The number of para-hydroxylation sites is 1. The van der Waals surface area contributed by atoms with E-state index in [1.165, 1.54) is 4.90 Å². The van der Waals surface area contributed by atoms with E-state index in [1.807, 2.05) is 39.9 Å². The summed E-state index contributed by atoms with van der Waals surface area (Å²) in [6, 6.07) is 14.9. The summed E-state index contributed by atoms with van der Waals surface area (Å²) in [6.45, 7) is 3.02. The minimum Gasteiger partial charge on any atom is -0.378 e. The smallest absolute Gasteiger partial charge is 0.261 e. The number of hydrogen-bond donors (Lipinski definition) is 0. The highest BCUT2D eigenvalue weighted by Gasteiger charge is 2.34. The van der Waals surface area contributed by atoms with E-state index in [9.17, 15) is 14.4 Å². The van der Waals surface area contributed by atoms with E-state index >= 15 is 0 Å². The van der Waals surface area contributed by atoms with Gasteiger partial charge in [0.1, 0.15) is 6.54 Å². The average Bonchev–Trinajstić information content (AvgIpc) is 3.30. The molecule has 2 aliphatic heterocycles. The van der Waals surface area contributed by atoms with Crippen molar-refractivity contribution < 1.29 is 19.1 Å². The molecule has 0 atom stereocenters. The van der Waals surface area contributed by atoms with Crippen LogP contribution < -0.4 is 0 Å². The van der Waals surface area contributed by atoms with Gasteiger partial charge in [-0.05, 0) is 18.2 Å². The first-order valence-corrected chi connectivity index (χ1v) is 11.6. The van der Waals surface area contributed by atoms with Crippen molar-refractivity contribution in [3.8, 4) is 0 Å². The van der Waals surface area contributed by atoms with Crippen molar-refractivity contribution >= 4 is 40.4 Å². The average molecular weight is 450 g/mol. The molecule has 0 radical (unpaired) electrons. The molecule has 0 bridgehead atoms. The van der Waals surface area contributed by atoms with Gasteiger partial charge in [0.15, 0.2) is 0 Å². The summed E-state index contributed by atoms with van der Waals surface area (Å²) < 4.78 is 7.32. The van der Waals surface area contributed by atoms with Crippen molar-refractivity contribution in [1.82, 2.24) is 14.4 Å². The molecule has 2 aromatic carbocycles. The topological polar surface area (TPSA) is 71.9 Å². The summed E-state index contributed by atoms with van der Waals surface area (Å²) in [5.74, 6) is 0.197. The van der Waals surface area contributed by atoms with Gasteiger partial charge in [-0.1, -0.05) is 30.3 Å². The highest BCUT2D eigenvalue weighted by atomic mass is 32.2. The van der Waals surface area contributed by atoms with Crippen LogP contribution >= 0.6 is 11.8 Å². The lowest BCUT2D eigenvalue weighted by Gasteiger charge is -2.27. The van der Waals surface area contributed by atoms with Crippen molar-refractivity contribution in [3.05, 3.63) is 65.9 Å². The fourth-order valence-electron chi connectivity index (χ4n) is 4.21. The molecule has 7 nitrogen and oxygen atoms in total. The molecule has 5 rings (SSSR count). The third kappa shape index (κ3) is 3.80. The van der Waals surface area contributed by atoms with Gasteiger partial charge >= 0.3 is 0 Å². The van der Waals surface area contributed by atoms with Crippen molar-refractivity contribution in [2.45, 2.75) is 11.4 Å². The molecule has 3 amide bonds. The molecule has 8 heteroatoms. The van der Waals surface area contributed by atoms with E-state index in [4.69, 9.17) is 4.74 Å². The number of benzene rings is 2. The normalized spacial score (nSPS) is 16.1. The number of morpholine rings is 1. The van der Waals surface area contributed by atoms with E-state index in [0.29, 0.717) is 49.7 Å². The van der Waals surface area contributed by atoms with Crippen molar-refractivity contribution in [3.63, 3.8) is 0 Å². The molecule has 0 N–H and O–H groups in total. The molecular formula is C24H23N3O4S. The number of ether oxygens (including phenoxy) is 1. The number of aromatic nitrogens is 1. The van der Waals surface area contributed by atoms with Gasteiger partial charge in [-0.2, -0.15) is 0 Å². The summed E-state index contributed by atoms with van der Waals surface area (Å²) in [5, 5.41) is 1.06. The number of carbonyl (C=O) groups is 3. The summed E-state index contributed by atoms with van der Waals surface area (Å²) in [6.07, 6.45) is 2.00. The van der Waals surface area contributed by atoms with E-state index in [-0.39, 0.29) is 24.3 Å². The van der Waals surface area contributed by atoms with Crippen molar-refractivity contribution in [2.75, 3.05) is 38.6 Å². The minimum absolute atomic E-state index is 0.0802. The second-order valence-electron chi connectivity index (χ2n) is 7.79. The zero-order chi connectivity index (χ0) is 22.1. The Morgan fingerprint density at radius 3 is 2.31 bits per heavy atom. The van der Waals surface area contributed by atoms with Crippen LogP contribution in [0.4, 0.5) is 0 Å². The molecule has 32 heavy (non-hydrogen) atoms. The van der Waals surface area contributed by atoms with Crippen LogP contribution in [-0.2, 0) is 16.1 Å². The Kier molecular flexibility index (Phi) is 5.71. The van der Waals surface area contributed by atoms with Gasteiger partial charge in [0.05, 0.1) is 24.3 Å². The summed E-state index contributed by atoms with van der Waals surface area (Å²) in [4.78, 5) is 42.1. The zero-order valence-corrected chi connectivity index (χ0v) is 18.3. The molecule has 0 spiro atoms. The SMILES string of the molecule is O=C(Cn1cc(SCCN2C(=O)c3ccccc3C2=O)c2ccccc21)N1CCOCC1. The minimum atomic E-state index is -0.232. The van der Waals surface area contributed by atoms with Crippen LogP contribution in [0.5, 0.6) is 0 Å². The van der Waals surface area contributed by atoms with Crippen LogP contribution in [0, 0.1) is 0 Å². The third-order valence-electron chi connectivity index (χ3n) is 5.87. The summed E-state index contributed by atoms with van der Waals surface area (Å²) in [7, 11) is 0. The lowest BCUT2D eigenvalue weighted by atomic mass is 10.1. The summed E-state index contributed by atoms with van der Waals surface area (Å²) in [5.41, 5.74) is 1.94. The number of rotatable bonds is 6. The van der Waals surface area contributed by atoms with Crippen LogP contribution in [0.15, 0.2) is 59.6 Å². The Hall–Kier alpha value is -3.10. The maximum absolute atomic E-state index is 12.7. The van der Waals surface area contributed by atoms with Crippen LogP contribution in [0.1, 0.15) is 20.7 Å². The lowest BCUT2D eigenvalue weighted by molar-refractivity contribution is -0.135. The lowest BCUT2D eigenvalue weighted by Crippen LogP contribution is -2.42. The second-order valence-corrected chi connectivity index (χ2v) is 8.92. The number of thioether (sulfide) groups is 1. The predicted octanol–water partition coefficient (Wildman–Crippen LogP) is 2.89. The van der Waals surface area contributed by atoms with Crippen LogP contribution in [-0.4, -0.2) is 70.7 Å². The van der Waals surface area contributed by atoms with Crippen molar-refractivity contribution in [1.29, 1.82) is 0 Å². The second kappa shape index (κ2) is 8.80. The first-order valence-electron chi connectivity index (χ1n) is 10.6. The van der Waals surface area contributed by atoms with Gasteiger partial charge < -0.3 is 14.2 Å². The monoisotopic (exact) mass is 449 g/mol. The van der Waals surface area contributed by atoms with E-state index in [0.717, 1.165) is 15.8 Å². The molecule has 164 valence electrons. The Bertz CT molecular complexity index is 1160. The fourth-order valence-corrected chi connectivity index (χ4v) is 5.23.